The van der Waals surface area contributed by atoms with Gasteiger partial charge in [0.25, 0.3) is 17.1 Å². The Bertz CT molecular complexity index is 1330. The first-order valence-electron chi connectivity index (χ1n) is 11.8. The molecule has 0 aliphatic carbocycles. The van der Waals surface area contributed by atoms with Crippen molar-refractivity contribution in [1.29, 1.82) is 0 Å². The van der Waals surface area contributed by atoms with Crippen LogP contribution < -0.4 is 19.5 Å². The maximum absolute atomic E-state index is 12.9. The molecule has 38 heavy (non-hydrogen) atoms. The third-order valence-corrected chi connectivity index (χ3v) is 6.73. The van der Waals surface area contributed by atoms with E-state index in [0.29, 0.717) is 44.5 Å². The topological polar surface area (TPSA) is 94.2 Å². The minimum absolute atomic E-state index is 0.141. The summed E-state index contributed by atoms with van der Waals surface area (Å²) in [6.07, 6.45) is 1.63. The minimum Gasteiger partial charge on any atom is -0.492 e. The summed E-state index contributed by atoms with van der Waals surface area (Å²) in [6.45, 7) is 2.30. The lowest BCUT2D eigenvalue weighted by Crippen LogP contribution is -2.32. The molecule has 3 aromatic carbocycles. The number of rotatable bonds is 11. The molecule has 0 unspecified atom stereocenters. The number of thioether (sulfide) groups is 1. The van der Waals surface area contributed by atoms with E-state index in [1.54, 1.807) is 30.3 Å². The molecule has 0 radical (unpaired) electrons. The van der Waals surface area contributed by atoms with Gasteiger partial charge < -0.3 is 19.5 Å². The van der Waals surface area contributed by atoms with Gasteiger partial charge in [0.05, 0.1) is 22.5 Å². The predicted molar refractivity (Wildman–Crippen MR) is 150 cm³/mol. The van der Waals surface area contributed by atoms with Gasteiger partial charge in [0, 0.05) is 5.69 Å². The molecule has 10 heteroatoms. The Hall–Kier alpha value is -3.76. The number of imide groups is 1. The second-order valence-electron chi connectivity index (χ2n) is 7.96. The van der Waals surface area contributed by atoms with E-state index in [9.17, 15) is 14.4 Å². The highest BCUT2D eigenvalue weighted by molar-refractivity contribution is 9.10. The van der Waals surface area contributed by atoms with Crippen LogP contribution in [0.4, 0.5) is 10.5 Å². The Morgan fingerprint density at radius 3 is 2.42 bits per heavy atom. The number of hydrogen-bond acceptors (Lipinski definition) is 7. The number of para-hydroxylation sites is 2. The average molecular weight is 597 g/mol. The molecule has 1 N–H and O–H groups in total. The molecule has 1 fully saturated rings. The Balaban J connectivity index is 1.42. The highest BCUT2D eigenvalue weighted by atomic mass is 79.9. The van der Waals surface area contributed by atoms with Gasteiger partial charge in [-0.25, -0.2) is 0 Å². The standard InChI is InChI=1S/C28H25BrN2O6S/c1-2-35-23-16-19(15-22(29)26(23)37-18-25(32)30-20-9-5-3-6-10-20)17-24-27(33)31(28(34)38-24)13-14-36-21-11-7-4-8-12-21/h3-12,15-17H,2,13-14,18H2,1H3,(H,30,32)/b24-17-. The normalized spacial score (nSPS) is 14.1. The first kappa shape index (κ1) is 27.3. The highest BCUT2D eigenvalue weighted by Crippen LogP contribution is 2.39. The smallest absolute Gasteiger partial charge is 0.293 e. The monoisotopic (exact) mass is 596 g/mol. The van der Waals surface area contributed by atoms with Crippen LogP contribution in [-0.4, -0.2) is 48.3 Å². The highest BCUT2D eigenvalue weighted by Gasteiger charge is 2.35. The minimum atomic E-state index is -0.386. The number of hydrogen-bond donors (Lipinski definition) is 1. The zero-order chi connectivity index (χ0) is 26.9. The number of amides is 3. The van der Waals surface area contributed by atoms with Gasteiger partial charge in [-0.15, -0.1) is 0 Å². The molecular weight excluding hydrogens is 572 g/mol. The molecule has 4 rings (SSSR count). The summed E-state index contributed by atoms with van der Waals surface area (Å²) >= 11 is 4.35. The molecular formula is C28H25BrN2O6S. The van der Waals surface area contributed by atoms with E-state index in [1.165, 1.54) is 4.90 Å². The molecule has 0 spiro atoms. The van der Waals surface area contributed by atoms with Crippen molar-refractivity contribution in [2.45, 2.75) is 6.92 Å². The fourth-order valence-corrected chi connectivity index (χ4v) is 4.99. The third-order valence-electron chi connectivity index (χ3n) is 5.24. The molecule has 0 bridgehead atoms. The van der Waals surface area contributed by atoms with Crippen molar-refractivity contribution in [3.05, 3.63) is 87.7 Å². The van der Waals surface area contributed by atoms with Gasteiger partial charge >= 0.3 is 0 Å². The number of carbonyl (C=O) groups is 3. The van der Waals surface area contributed by atoms with Crippen LogP contribution in [0.25, 0.3) is 6.08 Å². The van der Waals surface area contributed by atoms with Crippen LogP contribution in [0, 0.1) is 0 Å². The molecule has 1 heterocycles. The van der Waals surface area contributed by atoms with Gasteiger partial charge in [-0.3, -0.25) is 19.3 Å². The van der Waals surface area contributed by atoms with Crippen LogP contribution in [0.2, 0.25) is 0 Å². The maximum Gasteiger partial charge on any atom is 0.293 e. The first-order chi connectivity index (χ1) is 18.4. The van der Waals surface area contributed by atoms with Gasteiger partial charge in [0.2, 0.25) is 0 Å². The van der Waals surface area contributed by atoms with E-state index < -0.39 is 0 Å². The zero-order valence-corrected chi connectivity index (χ0v) is 22.9. The molecule has 196 valence electrons. The van der Waals surface area contributed by atoms with Gasteiger partial charge in [-0.1, -0.05) is 36.4 Å². The van der Waals surface area contributed by atoms with Crippen molar-refractivity contribution in [1.82, 2.24) is 4.90 Å². The van der Waals surface area contributed by atoms with Crippen LogP contribution >= 0.6 is 27.7 Å². The van der Waals surface area contributed by atoms with Crippen molar-refractivity contribution in [2.75, 3.05) is 31.7 Å². The Labute approximate surface area is 233 Å². The number of nitrogens with one attached hydrogen (secondary N) is 1. The quantitative estimate of drug-likeness (QED) is 0.272. The molecule has 3 amide bonds. The molecule has 1 aliphatic heterocycles. The van der Waals surface area contributed by atoms with Gasteiger partial charge in [-0.2, -0.15) is 0 Å². The maximum atomic E-state index is 12.9. The SMILES string of the molecule is CCOc1cc(/C=C2\SC(=O)N(CCOc3ccccc3)C2=O)cc(Br)c1OCC(=O)Nc1ccccc1. The lowest BCUT2D eigenvalue weighted by atomic mass is 10.2. The van der Waals surface area contributed by atoms with Crippen LogP contribution in [0.1, 0.15) is 12.5 Å². The van der Waals surface area contributed by atoms with Gasteiger partial charge in [0.15, 0.2) is 18.1 Å². The summed E-state index contributed by atoms with van der Waals surface area (Å²) < 4.78 is 17.7. The van der Waals surface area contributed by atoms with E-state index in [-0.39, 0.29) is 36.8 Å². The van der Waals surface area contributed by atoms with Crippen LogP contribution in [0.3, 0.4) is 0 Å². The summed E-state index contributed by atoms with van der Waals surface area (Å²) in [5.41, 5.74) is 1.30. The van der Waals surface area contributed by atoms with E-state index >= 15 is 0 Å². The van der Waals surface area contributed by atoms with Crippen molar-refractivity contribution in [3.63, 3.8) is 0 Å². The van der Waals surface area contributed by atoms with Gasteiger partial charge in [-0.05, 0) is 82.7 Å². The van der Waals surface area contributed by atoms with Crippen LogP contribution in [0.15, 0.2) is 82.2 Å². The second-order valence-corrected chi connectivity index (χ2v) is 9.81. The van der Waals surface area contributed by atoms with Crippen LogP contribution in [-0.2, 0) is 9.59 Å². The number of halogens is 1. The van der Waals surface area contributed by atoms with Crippen LogP contribution in [0.5, 0.6) is 17.2 Å². The summed E-state index contributed by atoms with van der Waals surface area (Å²) in [6, 6.07) is 21.7. The van der Waals surface area contributed by atoms with Crippen molar-refractivity contribution >= 4 is 56.5 Å². The number of carbonyl (C=O) groups excluding carboxylic acids is 3. The van der Waals surface area contributed by atoms with E-state index in [2.05, 4.69) is 21.2 Å². The van der Waals surface area contributed by atoms with Crippen molar-refractivity contribution < 1.29 is 28.6 Å². The Morgan fingerprint density at radius 1 is 1.00 bits per heavy atom. The summed E-state index contributed by atoms with van der Waals surface area (Å²) in [7, 11) is 0. The molecule has 0 aromatic heterocycles. The lowest BCUT2D eigenvalue weighted by Gasteiger charge is -2.15. The lowest BCUT2D eigenvalue weighted by molar-refractivity contribution is -0.123. The Kier molecular flexibility index (Phi) is 9.45. The summed E-state index contributed by atoms with van der Waals surface area (Å²) in [4.78, 5) is 39.2. The molecule has 0 saturated carbocycles. The largest absolute Gasteiger partial charge is 0.492 e. The van der Waals surface area contributed by atoms with E-state index in [0.717, 1.165) is 11.8 Å². The predicted octanol–water partition coefficient (Wildman–Crippen LogP) is 5.98. The number of benzene rings is 3. The fraction of sp³-hybridized carbons (Fsp3) is 0.179. The third kappa shape index (κ3) is 7.17. The molecule has 1 saturated heterocycles. The molecule has 1 aliphatic rings. The molecule has 0 atom stereocenters. The number of ether oxygens (including phenoxy) is 3. The van der Waals surface area contributed by atoms with Crippen molar-refractivity contribution in [2.24, 2.45) is 0 Å². The Morgan fingerprint density at radius 2 is 1.71 bits per heavy atom. The first-order valence-corrected chi connectivity index (χ1v) is 13.4. The summed E-state index contributed by atoms with van der Waals surface area (Å²) in [5.74, 6) is 0.723. The van der Waals surface area contributed by atoms with Gasteiger partial charge in [0.1, 0.15) is 12.4 Å². The fourth-order valence-electron chi connectivity index (χ4n) is 3.55. The molecule has 8 nitrogen and oxygen atoms in total. The van der Waals surface area contributed by atoms with Crippen molar-refractivity contribution in [3.8, 4) is 17.2 Å². The average Bonchev–Trinajstić information content (AvgIpc) is 3.17. The zero-order valence-electron chi connectivity index (χ0n) is 20.5. The number of nitrogens with zero attached hydrogens (tertiary/aromatic N) is 1. The molecule has 3 aromatic rings. The summed E-state index contributed by atoms with van der Waals surface area (Å²) in [5, 5.41) is 2.41. The van der Waals surface area contributed by atoms with E-state index in [4.69, 9.17) is 14.2 Å². The second kappa shape index (κ2) is 13.2. The number of anilines is 1. The van der Waals surface area contributed by atoms with E-state index in [1.807, 2.05) is 55.5 Å².